The molecule has 1 saturated carbocycles. The number of nitrogens with two attached hydrogens (primary N) is 1. The van der Waals surface area contributed by atoms with Crippen molar-refractivity contribution in [1.29, 1.82) is 0 Å². The van der Waals surface area contributed by atoms with Gasteiger partial charge in [-0.3, -0.25) is 4.79 Å². The number of hydrogen-bond acceptors (Lipinski definition) is 3. The Labute approximate surface area is 90.5 Å². The topological polar surface area (TPSA) is 63.3 Å². The first kappa shape index (κ1) is 11.9. The summed E-state index contributed by atoms with van der Waals surface area (Å²) < 4.78 is 0. The lowest BCUT2D eigenvalue weighted by Gasteiger charge is -2.28. The summed E-state index contributed by atoms with van der Waals surface area (Å²) in [6.07, 6.45) is 4.72. The fraction of sp³-hybridized carbons (Fsp3) is 0.900. The van der Waals surface area contributed by atoms with E-state index in [0.29, 0.717) is 11.7 Å². The molecular formula is C10H19NO2S. The number of rotatable bonds is 4. The predicted octanol–water partition coefficient (Wildman–Crippen LogP) is 1.52. The van der Waals surface area contributed by atoms with Gasteiger partial charge in [0.05, 0.1) is 5.92 Å². The van der Waals surface area contributed by atoms with Gasteiger partial charge < -0.3 is 10.8 Å². The molecule has 1 aliphatic rings. The first-order valence-corrected chi connectivity index (χ1v) is 5.86. The summed E-state index contributed by atoms with van der Waals surface area (Å²) in [4.78, 5) is 10.8. The summed E-state index contributed by atoms with van der Waals surface area (Å²) in [6, 6.07) is 0.121. The molecule has 3 atom stereocenters. The van der Waals surface area contributed by atoms with Gasteiger partial charge in [0, 0.05) is 11.8 Å². The normalized spacial score (nSPS) is 29.9. The van der Waals surface area contributed by atoms with Crippen molar-refractivity contribution in [2.24, 2.45) is 17.6 Å². The lowest BCUT2D eigenvalue weighted by atomic mass is 9.79. The van der Waals surface area contributed by atoms with Gasteiger partial charge in [-0.1, -0.05) is 12.8 Å². The lowest BCUT2D eigenvalue weighted by Crippen LogP contribution is -2.29. The van der Waals surface area contributed by atoms with Gasteiger partial charge in [-0.2, -0.15) is 12.6 Å². The largest absolute Gasteiger partial charge is 0.481 e. The Balaban J connectivity index is 2.36. The van der Waals surface area contributed by atoms with E-state index < -0.39 is 5.97 Å². The Morgan fingerprint density at radius 1 is 1.57 bits per heavy atom. The zero-order valence-electron chi connectivity index (χ0n) is 8.35. The first-order chi connectivity index (χ1) is 6.63. The van der Waals surface area contributed by atoms with Gasteiger partial charge in [0.1, 0.15) is 0 Å². The molecule has 0 saturated heterocycles. The van der Waals surface area contributed by atoms with Crippen molar-refractivity contribution in [2.45, 2.75) is 38.1 Å². The zero-order chi connectivity index (χ0) is 10.6. The van der Waals surface area contributed by atoms with Crippen LogP contribution in [0.25, 0.3) is 0 Å². The minimum absolute atomic E-state index is 0.121. The van der Waals surface area contributed by atoms with Crippen molar-refractivity contribution < 1.29 is 9.90 Å². The maximum absolute atomic E-state index is 10.8. The van der Waals surface area contributed by atoms with Gasteiger partial charge in [-0.05, 0) is 25.2 Å². The predicted molar refractivity (Wildman–Crippen MR) is 59.5 cm³/mol. The third kappa shape index (κ3) is 3.50. The molecule has 0 amide bonds. The first-order valence-electron chi connectivity index (χ1n) is 5.22. The Bertz CT molecular complexity index is 199. The Morgan fingerprint density at radius 2 is 2.29 bits per heavy atom. The van der Waals surface area contributed by atoms with E-state index in [9.17, 15) is 4.79 Å². The summed E-state index contributed by atoms with van der Waals surface area (Å²) in [5.74, 6) is 0.399. The second-order valence-electron chi connectivity index (χ2n) is 4.25. The second-order valence-corrected chi connectivity index (χ2v) is 4.61. The van der Waals surface area contributed by atoms with Crippen molar-refractivity contribution in [1.82, 2.24) is 0 Å². The van der Waals surface area contributed by atoms with E-state index in [1.54, 1.807) is 0 Å². The van der Waals surface area contributed by atoms with Crippen molar-refractivity contribution in [3.63, 3.8) is 0 Å². The molecule has 0 spiro atoms. The summed E-state index contributed by atoms with van der Waals surface area (Å²) in [5.41, 5.74) is 5.80. The monoisotopic (exact) mass is 217 g/mol. The minimum Gasteiger partial charge on any atom is -0.481 e. The zero-order valence-corrected chi connectivity index (χ0v) is 9.25. The van der Waals surface area contributed by atoms with Gasteiger partial charge in [0.25, 0.3) is 0 Å². The number of hydrogen-bond donors (Lipinski definition) is 3. The number of carbonyl (C=O) groups is 1. The van der Waals surface area contributed by atoms with E-state index in [4.69, 9.17) is 10.8 Å². The van der Waals surface area contributed by atoms with Crippen LogP contribution in [-0.2, 0) is 4.79 Å². The van der Waals surface area contributed by atoms with Crippen molar-refractivity contribution in [2.75, 3.05) is 5.75 Å². The smallest absolute Gasteiger partial charge is 0.306 e. The van der Waals surface area contributed by atoms with Crippen LogP contribution in [0.5, 0.6) is 0 Å². The number of thiol groups is 1. The highest BCUT2D eigenvalue weighted by Crippen LogP contribution is 2.31. The third-order valence-electron chi connectivity index (χ3n) is 3.00. The molecule has 1 fully saturated rings. The minimum atomic E-state index is -0.644. The van der Waals surface area contributed by atoms with Crippen LogP contribution in [0.4, 0.5) is 0 Å². The van der Waals surface area contributed by atoms with Crippen molar-refractivity contribution in [3.8, 4) is 0 Å². The maximum atomic E-state index is 10.8. The van der Waals surface area contributed by atoms with Crippen LogP contribution in [0.1, 0.15) is 32.1 Å². The second kappa shape index (κ2) is 5.61. The highest BCUT2D eigenvalue weighted by molar-refractivity contribution is 7.80. The fourth-order valence-electron chi connectivity index (χ4n) is 2.23. The van der Waals surface area contributed by atoms with Crippen LogP contribution in [0.3, 0.4) is 0 Å². The molecule has 0 bridgehead atoms. The van der Waals surface area contributed by atoms with Gasteiger partial charge in [0.15, 0.2) is 0 Å². The van der Waals surface area contributed by atoms with Crippen LogP contribution in [0, 0.1) is 11.8 Å². The molecule has 14 heavy (non-hydrogen) atoms. The Hall–Kier alpha value is -0.220. The lowest BCUT2D eigenvalue weighted by molar-refractivity contribution is -0.143. The molecule has 0 heterocycles. The van der Waals surface area contributed by atoms with E-state index in [1.165, 1.54) is 0 Å². The molecule has 2 unspecified atom stereocenters. The van der Waals surface area contributed by atoms with E-state index in [-0.39, 0.29) is 12.0 Å². The van der Waals surface area contributed by atoms with E-state index in [1.807, 2.05) is 0 Å². The van der Waals surface area contributed by atoms with Crippen molar-refractivity contribution >= 4 is 18.6 Å². The van der Waals surface area contributed by atoms with Crippen LogP contribution < -0.4 is 5.73 Å². The molecule has 0 aromatic heterocycles. The van der Waals surface area contributed by atoms with Crippen LogP contribution in [-0.4, -0.2) is 22.9 Å². The molecule has 0 aliphatic heterocycles. The third-order valence-corrected chi connectivity index (χ3v) is 3.47. The SMILES string of the molecule is N[C@H](CS)CC1CCCC(C(=O)O)C1. The number of aliphatic carboxylic acids is 1. The average Bonchev–Trinajstić information content (AvgIpc) is 2.18. The van der Waals surface area contributed by atoms with Crippen molar-refractivity contribution in [3.05, 3.63) is 0 Å². The molecule has 4 heteroatoms. The highest BCUT2D eigenvalue weighted by atomic mass is 32.1. The van der Waals surface area contributed by atoms with Gasteiger partial charge >= 0.3 is 5.97 Å². The van der Waals surface area contributed by atoms with Crippen LogP contribution in [0.15, 0.2) is 0 Å². The maximum Gasteiger partial charge on any atom is 0.306 e. The molecular weight excluding hydrogens is 198 g/mol. The Morgan fingerprint density at radius 3 is 2.86 bits per heavy atom. The Kier molecular flexibility index (Phi) is 4.75. The summed E-state index contributed by atoms with van der Waals surface area (Å²) in [5, 5.41) is 8.90. The molecule has 3 N–H and O–H groups in total. The summed E-state index contributed by atoms with van der Waals surface area (Å²) >= 11 is 4.14. The van der Waals surface area contributed by atoms with E-state index in [0.717, 1.165) is 32.1 Å². The number of carboxylic acid groups (broad SMARTS) is 1. The molecule has 0 aromatic rings. The van der Waals surface area contributed by atoms with Gasteiger partial charge in [-0.15, -0.1) is 0 Å². The van der Waals surface area contributed by atoms with E-state index in [2.05, 4.69) is 12.6 Å². The number of carboxylic acids is 1. The molecule has 82 valence electrons. The van der Waals surface area contributed by atoms with Crippen LogP contribution in [0.2, 0.25) is 0 Å². The summed E-state index contributed by atoms with van der Waals surface area (Å²) in [6.45, 7) is 0. The summed E-state index contributed by atoms with van der Waals surface area (Å²) in [7, 11) is 0. The molecule has 1 aliphatic carbocycles. The van der Waals surface area contributed by atoms with Gasteiger partial charge in [0.2, 0.25) is 0 Å². The molecule has 1 rings (SSSR count). The standard InChI is InChI=1S/C10H19NO2S/c11-9(6-14)5-7-2-1-3-8(4-7)10(12)13/h7-9,14H,1-6,11H2,(H,12,13)/t7?,8?,9-/m0/s1. The molecule has 3 nitrogen and oxygen atoms in total. The quantitative estimate of drug-likeness (QED) is 0.626. The fourth-order valence-corrected chi connectivity index (χ4v) is 2.38. The van der Waals surface area contributed by atoms with Crippen LogP contribution >= 0.6 is 12.6 Å². The average molecular weight is 217 g/mol. The van der Waals surface area contributed by atoms with Gasteiger partial charge in [-0.25, -0.2) is 0 Å². The van der Waals surface area contributed by atoms with E-state index >= 15 is 0 Å². The molecule has 0 radical (unpaired) electrons. The molecule has 0 aromatic carbocycles. The highest BCUT2D eigenvalue weighted by Gasteiger charge is 2.27.